The molecule has 1 saturated carbocycles. The average molecular weight is 180 g/mol. The van der Waals surface area contributed by atoms with Gasteiger partial charge in [-0.1, -0.05) is 6.42 Å². The molecule has 0 radical (unpaired) electrons. The first kappa shape index (κ1) is 10.0. The van der Waals surface area contributed by atoms with Crippen molar-refractivity contribution in [3.05, 3.63) is 0 Å². The van der Waals surface area contributed by atoms with Crippen LogP contribution in [0.5, 0.6) is 0 Å². The van der Waals surface area contributed by atoms with Gasteiger partial charge >= 0.3 is 0 Å². The highest BCUT2D eigenvalue weighted by Gasteiger charge is 2.22. The van der Waals surface area contributed by atoms with Gasteiger partial charge in [0.05, 0.1) is 6.07 Å². The van der Waals surface area contributed by atoms with Crippen LogP contribution >= 0.6 is 0 Å². The van der Waals surface area contributed by atoms with Crippen molar-refractivity contribution >= 4 is 5.91 Å². The van der Waals surface area contributed by atoms with Crippen LogP contribution in [0.15, 0.2) is 0 Å². The molecule has 0 aliphatic heterocycles. The van der Waals surface area contributed by atoms with Crippen molar-refractivity contribution < 1.29 is 4.79 Å². The van der Waals surface area contributed by atoms with E-state index >= 15 is 0 Å². The lowest BCUT2D eigenvalue weighted by molar-refractivity contribution is -0.130. The largest absolute Gasteiger partial charge is 0.342 e. The summed E-state index contributed by atoms with van der Waals surface area (Å²) in [6.07, 6.45) is 3.82. The summed E-state index contributed by atoms with van der Waals surface area (Å²) < 4.78 is 0. The summed E-state index contributed by atoms with van der Waals surface area (Å²) in [7, 11) is 0. The maximum atomic E-state index is 11.4. The second-order valence-corrected chi connectivity index (χ2v) is 3.56. The summed E-state index contributed by atoms with van der Waals surface area (Å²) in [6, 6.07) is 1.90. The molecule has 0 unspecified atom stereocenters. The highest BCUT2D eigenvalue weighted by Crippen LogP contribution is 2.27. The number of nitrogens with zero attached hydrogens (tertiary/aromatic N) is 2. The molecule has 1 aliphatic carbocycles. The Hall–Kier alpha value is -1.04. The Morgan fingerprint density at radius 3 is 2.69 bits per heavy atom. The molecule has 1 rings (SSSR count). The SMILES string of the molecule is CCN(CC1CCC1)C(=O)CC#N. The van der Waals surface area contributed by atoms with Gasteiger partial charge in [0.25, 0.3) is 0 Å². The number of carbonyl (C=O) groups is 1. The van der Waals surface area contributed by atoms with E-state index in [1.165, 1.54) is 19.3 Å². The summed E-state index contributed by atoms with van der Waals surface area (Å²) in [5.41, 5.74) is 0. The van der Waals surface area contributed by atoms with Gasteiger partial charge in [-0.15, -0.1) is 0 Å². The molecule has 0 spiro atoms. The Morgan fingerprint density at radius 2 is 2.31 bits per heavy atom. The molecule has 1 amide bonds. The van der Waals surface area contributed by atoms with E-state index in [4.69, 9.17) is 5.26 Å². The molecule has 0 heterocycles. The molecule has 3 heteroatoms. The third-order valence-electron chi connectivity index (χ3n) is 2.67. The van der Waals surface area contributed by atoms with Gasteiger partial charge in [0.2, 0.25) is 5.91 Å². The van der Waals surface area contributed by atoms with Crippen molar-refractivity contribution in [2.24, 2.45) is 5.92 Å². The van der Waals surface area contributed by atoms with Gasteiger partial charge in [0.15, 0.2) is 0 Å². The molecule has 3 nitrogen and oxygen atoms in total. The lowest BCUT2D eigenvalue weighted by Gasteiger charge is -2.31. The molecule has 13 heavy (non-hydrogen) atoms. The Kier molecular flexibility index (Phi) is 3.75. The molecule has 0 aromatic carbocycles. The van der Waals surface area contributed by atoms with Gasteiger partial charge in [-0.2, -0.15) is 5.26 Å². The predicted octanol–water partition coefficient (Wildman–Crippen LogP) is 1.55. The van der Waals surface area contributed by atoms with E-state index in [-0.39, 0.29) is 12.3 Å². The van der Waals surface area contributed by atoms with E-state index in [1.807, 2.05) is 13.0 Å². The first-order chi connectivity index (χ1) is 6.27. The average Bonchev–Trinajstić information content (AvgIpc) is 2.03. The Morgan fingerprint density at radius 1 is 1.62 bits per heavy atom. The van der Waals surface area contributed by atoms with Crippen molar-refractivity contribution in [2.45, 2.75) is 32.6 Å². The maximum Gasteiger partial charge on any atom is 0.236 e. The van der Waals surface area contributed by atoms with Gasteiger partial charge in [-0.25, -0.2) is 0 Å². The van der Waals surface area contributed by atoms with Crippen LogP contribution in [-0.4, -0.2) is 23.9 Å². The standard InChI is InChI=1S/C10H16N2O/c1-2-12(10(13)6-7-11)8-9-4-3-5-9/h9H,2-6,8H2,1H3. The smallest absolute Gasteiger partial charge is 0.236 e. The molecule has 0 atom stereocenters. The third-order valence-corrected chi connectivity index (χ3v) is 2.67. The molecule has 0 aromatic heterocycles. The molecule has 0 N–H and O–H groups in total. The number of carbonyl (C=O) groups excluding carboxylic acids is 1. The van der Waals surface area contributed by atoms with Crippen LogP contribution < -0.4 is 0 Å². The molecule has 0 aromatic rings. The second kappa shape index (κ2) is 4.86. The van der Waals surface area contributed by atoms with Crippen LogP contribution in [0.25, 0.3) is 0 Å². The van der Waals surface area contributed by atoms with Crippen LogP contribution in [-0.2, 0) is 4.79 Å². The highest BCUT2D eigenvalue weighted by atomic mass is 16.2. The van der Waals surface area contributed by atoms with E-state index in [0.717, 1.165) is 13.1 Å². The Labute approximate surface area is 79.3 Å². The van der Waals surface area contributed by atoms with Gasteiger partial charge in [-0.05, 0) is 25.7 Å². The fourth-order valence-electron chi connectivity index (χ4n) is 1.57. The minimum absolute atomic E-state index is 0.0168. The molecule has 0 bridgehead atoms. The number of nitriles is 1. The van der Waals surface area contributed by atoms with Crippen LogP contribution in [0.2, 0.25) is 0 Å². The van der Waals surface area contributed by atoms with E-state index in [9.17, 15) is 4.79 Å². The topological polar surface area (TPSA) is 44.1 Å². The third kappa shape index (κ3) is 2.73. The monoisotopic (exact) mass is 180 g/mol. The zero-order valence-electron chi connectivity index (χ0n) is 8.12. The molecule has 72 valence electrons. The zero-order valence-corrected chi connectivity index (χ0v) is 8.12. The van der Waals surface area contributed by atoms with Gasteiger partial charge in [0.1, 0.15) is 6.42 Å². The summed E-state index contributed by atoms with van der Waals surface area (Å²) in [5, 5.41) is 8.39. The Bertz CT molecular complexity index is 215. The highest BCUT2D eigenvalue weighted by molar-refractivity contribution is 5.78. The summed E-state index contributed by atoms with van der Waals surface area (Å²) in [4.78, 5) is 13.2. The molecule has 0 saturated heterocycles. The molecule has 1 aliphatic rings. The van der Waals surface area contributed by atoms with E-state index in [2.05, 4.69) is 0 Å². The van der Waals surface area contributed by atoms with Crippen molar-refractivity contribution in [1.29, 1.82) is 5.26 Å². The van der Waals surface area contributed by atoms with Gasteiger partial charge in [0, 0.05) is 13.1 Å². The first-order valence-corrected chi connectivity index (χ1v) is 4.92. The normalized spacial score (nSPS) is 16.0. The summed E-state index contributed by atoms with van der Waals surface area (Å²) in [5.74, 6) is 0.680. The van der Waals surface area contributed by atoms with Crippen LogP contribution in [0.4, 0.5) is 0 Å². The zero-order chi connectivity index (χ0) is 9.68. The van der Waals surface area contributed by atoms with E-state index in [1.54, 1.807) is 4.90 Å². The fourth-order valence-corrected chi connectivity index (χ4v) is 1.57. The molecule has 1 fully saturated rings. The number of hydrogen-bond acceptors (Lipinski definition) is 2. The maximum absolute atomic E-state index is 11.4. The number of rotatable bonds is 4. The molecular weight excluding hydrogens is 164 g/mol. The quantitative estimate of drug-likeness (QED) is 0.658. The van der Waals surface area contributed by atoms with Crippen molar-refractivity contribution in [3.63, 3.8) is 0 Å². The van der Waals surface area contributed by atoms with Crippen molar-refractivity contribution in [2.75, 3.05) is 13.1 Å². The summed E-state index contributed by atoms with van der Waals surface area (Å²) >= 11 is 0. The predicted molar refractivity (Wildman–Crippen MR) is 49.8 cm³/mol. The van der Waals surface area contributed by atoms with Crippen molar-refractivity contribution in [3.8, 4) is 6.07 Å². The van der Waals surface area contributed by atoms with Crippen molar-refractivity contribution in [1.82, 2.24) is 4.90 Å². The van der Waals surface area contributed by atoms with Gasteiger partial charge in [-0.3, -0.25) is 4.79 Å². The minimum atomic E-state index is -0.0168. The number of amides is 1. The lowest BCUT2D eigenvalue weighted by atomic mass is 9.85. The minimum Gasteiger partial charge on any atom is -0.342 e. The first-order valence-electron chi connectivity index (χ1n) is 4.92. The van der Waals surface area contributed by atoms with Crippen LogP contribution in [0, 0.1) is 17.2 Å². The van der Waals surface area contributed by atoms with E-state index in [0.29, 0.717) is 5.92 Å². The second-order valence-electron chi connectivity index (χ2n) is 3.56. The van der Waals surface area contributed by atoms with Crippen LogP contribution in [0.1, 0.15) is 32.6 Å². The summed E-state index contributed by atoms with van der Waals surface area (Å²) in [6.45, 7) is 3.56. The van der Waals surface area contributed by atoms with E-state index < -0.39 is 0 Å². The van der Waals surface area contributed by atoms with Crippen LogP contribution in [0.3, 0.4) is 0 Å². The van der Waals surface area contributed by atoms with Gasteiger partial charge < -0.3 is 4.90 Å². The number of hydrogen-bond donors (Lipinski definition) is 0. The molecular formula is C10H16N2O. The fraction of sp³-hybridized carbons (Fsp3) is 0.800. The lowest BCUT2D eigenvalue weighted by Crippen LogP contribution is -2.36. The Balaban J connectivity index is 2.32.